The molecule has 80 valence electrons. The van der Waals surface area contributed by atoms with E-state index in [2.05, 4.69) is 20.7 Å². The molecule has 0 saturated carbocycles. The van der Waals surface area contributed by atoms with Crippen LogP contribution in [0.5, 0.6) is 0 Å². The molecule has 0 spiro atoms. The van der Waals surface area contributed by atoms with Crippen molar-refractivity contribution in [2.24, 2.45) is 0 Å². The minimum Gasteiger partial charge on any atom is -0.452 e. The first kappa shape index (κ1) is 11.0. The maximum Gasteiger partial charge on any atom is 0.415 e. The smallest absolute Gasteiger partial charge is 0.415 e. The van der Waals surface area contributed by atoms with Gasteiger partial charge in [0.25, 0.3) is 0 Å². The van der Waals surface area contributed by atoms with Gasteiger partial charge >= 0.3 is 18.0 Å². The molecule has 1 heterocycles. The van der Waals surface area contributed by atoms with E-state index in [1.54, 1.807) is 0 Å². The largest absolute Gasteiger partial charge is 0.452 e. The molecule has 0 radical (unpaired) electrons. The monoisotopic (exact) mass is 211 g/mol. The summed E-state index contributed by atoms with van der Waals surface area (Å²) in [6.07, 6.45) is 4.24. The number of carbonyl (C=O) groups excluding carboxylic acids is 3. The van der Waals surface area contributed by atoms with E-state index >= 15 is 0 Å². The number of alkyl carbamates (subject to hydrolysis) is 1. The van der Waals surface area contributed by atoms with E-state index in [0.29, 0.717) is 0 Å². The number of cyclic esters (lactones) is 2. The summed E-state index contributed by atoms with van der Waals surface area (Å²) < 4.78 is 8.79. The van der Waals surface area contributed by atoms with E-state index in [1.165, 1.54) is 0 Å². The molecule has 0 aromatic carbocycles. The average Bonchev–Trinajstić information content (AvgIpc) is 2.51. The minimum atomic E-state index is -0.790. The molecule has 0 bridgehead atoms. The van der Waals surface area contributed by atoms with Crippen molar-refractivity contribution in [1.82, 2.24) is 5.32 Å². The van der Waals surface area contributed by atoms with Crippen molar-refractivity contribution in [2.45, 2.75) is 18.9 Å². The molecule has 1 N–H and O–H groups in total. The Hall–Kier alpha value is -2.03. The fourth-order valence-electron chi connectivity index (χ4n) is 1.04. The van der Waals surface area contributed by atoms with E-state index in [1.807, 2.05) is 0 Å². The maximum atomic E-state index is 11.0. The van der Waals surface area contributed by atoms with Crippen molar-refractivity contribution in [3.05, 3.63) is 0 Å². The number of esters is 2. The topological polar surface area (TPSA) is 81.7 Å². The molecule has 0 aliphatic carbocycles. The fraction of sp³-hybridized carbons (Fsp3) is 0.444. The maximum absolute atomic E-state index is 11.0. The molecule has 1 saturated heterocycles. The quantitative estimate of drug-likeness (QED) is 0.388. The zero-order valence-electron chi connectivity index (χ0n) is 7.82. The lowest BCUT2D eigenvalue weighted by atomic mass is 10.2. The van der Waals surface area contributed by atoms with Gasteiger partial charge in [0.1, 0.15) is 6.04 Å². The Morgan fingerprint density at radius 3 is 2.87 bits per heavy atom. The molecule has 15 heavy (non-hydrogen) atoms. The number of amides is 1. The SMILES string of the molecule is C#CCOC(=O)CC[C@@H]1NC(=O)OC1=O. The third-order valence-electron chi connectivity index (χ3n) is 1.72. The van der Waals surface area contributed by atoms with Gasteiger partial charge in [-0.25, -0.2) is 9.59 Å². The highest BCUT2D eigenvalue weighted by atomic mass is 16.6. The van der Waals surface area contributed by atoms with Crippen molar-refractivity contribution >= 4 is 18.0 Å². The normalized spacial score (nSPS) is 19.0. The second-order valence-corrected chi connectivity index (χ2v) is 2.81. The van der Waals surface area contributed by atoms with Gasteiger partial charge in [0.15, 0.2) is 6.61 Å². The van der Waals surface area contributed by atoms with Gasteiger partial charge in [0.05, 0.1) is 0 Å². The van der Waals surface area contributed by atoms with Gasteiger partial charge in [-0.3, -0.25) is 4.79 Å². The molecule has 1 aliphatic rings. The summed E-state index contributed by atoms with van der Waals surface area (Å²) >= 11 is 0. The molecule has 1 aliphatic heterocycles. The van der Waals surface area contributed by atoms with E-state index < -0.39 is 24.1 Å². The summed E-state index contributed by atoms with van der Waals surface area (Å²) in [5.74, 6) is 0.950. The first-order chi connectivity index (χ1) is 7.13. The molecule has 1 atom stereocenters. The summed E-state index contributed by atoms with van der Waals surface area (Å²) in [5, 5.41) is 2.26. The second kappa shape index (κ2) is 5.00. The zero-order chi connectivity index (χ0) is 11.3. The lowest BCUT2D eigenvalue weighted by Crippen LogP contribution is -2.29. The Kier molecular flexibility index (Phi) is 3.68. The van der Waals surface area contributed by atoms with Gasteiger partial charge in [-0.15, -0.1) is 6.42 Å². The standard InChI is InChI=1S/C9H9NO5/c1-2-5-14-7(11)4-3-6-8(12)15-9(13)10-6/h1,6H,3-5H2,(H,10,13)/t6-/m0/s1. The van der Waals surface area contributed by atoms with Crippen LogP contribution >= 0.6 is 0 Å². The predicted molar refractivity (Wildman–Crippen MR) is 47.4 cm³/mol. The third kappa shape index (κ3) is 3.31. The van der Waals surface area contributed by atoms with Gasteiger partial charge in [-0.1, -0.05) is 5.92 Å². The van der Waals surface area contributed by atoms with Crippen LogP contribution in [0.2, 0.25) is 0 Å². The van der Waals surface area contributed by atoms with E-state index in [9.17, 15) is 14.4 Å². The van der Waals surface area contributed by atoms with Crippen LogP contribution in [0.15, 0.2) is 0 Å². The van der Waals surface area contributed by atoms with Crippen LogP contribution < -0.4 is 5.32 Å². The van der Waals surface area contributed by atoms with Crippen LogP contribution in [0.1, 0.15) is 12.8 Å². The van der Waals surface area contributed by atoms with Crippen LogP contribution in [0.3, 0.4) is 0 Å². The Bertz CT molecular complexity index is 330. The highest BCUT2D eigenvalue weighted by Gasteiger charge is 2.32. The van der Waals surface area contributed by atoms with Crippen LogP contribution in [0.25, 0.3) is 0 Å². The third-order valence-corrected chi connectivity index (χ3v) is 1.72. The Morgan fingerprint density at radius 2 is 2.33 bits per heavy atom. The molecule has 1 rings (SSSR count). The molecular weight excluding hydrogens is 202 g/mol. The second-order valence-electron chi connectivity index (χ2n) is 2.81. The van der Waals surface area contributed by atoms with Crippen molar-refractivity contribution in [2.75, 3.05) is 6.61 Å². The summed E-state index contributed by atoms with van der Waals surface area (Å²) in [4.78, 5) is 32.5. The summed E-state index contributed by atoms with van der Waals surface area (Å²) in [6.45, 7) is -0.0969. The fourth-order valence-corrected chi connectivity index (χ4v) is 1.04. The summed E-state index contributed by atoms with van der Waals surface area (Å²) in [7, 11) is 0. The number of nitrogens with one attached hydrogen (secondary N) is 1. The van der Waals surface area contributed by atoms with Gasteiger partial charge in [-0.05, 0) is 6.42 Å². The Labute approximate surface area is 85.9 Å². The molecule has 0 unspecified atom stereocenters. The van der Waals surface area contributed by atoms with Gasteiger partial charge in [-0.2, -0.15) is 0 Å². The lowest BCUT2D eigenvalue weighted by molar-refractivity contribution is -0.142. The minimum absolute atomic E-state index is 0.00171. The van der Waals surface area contributed by atoms with E-state index in [-0.39, 0.29) is 19.4 Å². The first-order valence-corrected chi connectivity index (χ1v) is 4.24. The van der Waals surface area contributed by atoms with Crippen molar-refractivity contribution in [3.63, 3.8) is 0 Å². The van der Waals surface area contributed by atoms with E-state index in [0.717, 1.165) is 0 Å². The lowest BCUT2D eigenvalue weighted by Gasteiger charge is -2.04. The number of hydrogen-bond donors (Lipinski definition) is 1. The average molecular weight is 211 g/mol. The van der Waals surface area contributed by atoms with Crippen LogP contribution in [-0.4, -0.2) is 30.7 Å². The van der Waals surface area contributed by atoms with Gasteiger partial charge in [0, 0.05) is 6.42 Å². The molecule has 0 aromatic heterocycles. The first-order valence-electron chi connectivity index (χ1n) is 4.24. The molecular formula is C9H9NO5. The van der Waals surface area contributed by atoms with Gasteiger partial charge < -0.3 is 14.8 Å². The highest BCUT2D eigenvalue weighted by molar-refractivity contribution is 5.95. The molecule has 1 amide bonds. The zero-order valence-corrected chi connectivity index (χ0v) is 7.82. The van der Waals surface area contributed by atoms with E-state index in [4.69, 9.17) is 6.42 Å². The van der Waals surface area contributed by atoms with Crippen LogP contribution in [0.4, 0.5) is 4.79 Å². The highest BCUT2D eigenvalue weighted by Crippen LogP contribution is 2.07. The summed E-state index contributed by atoms with van der Waals surface area (Å²) in [6, 6.07) is -0.768. The Morgan fingerprint density at radius 1 is 1.60 bits per heavy atom. The van der Waals surface area contributed by atoms with Crippen LogP contribution in [-0.2, 0) is 19.1 Å². The molecule has 0 aromatic rings. The number of hydrogen-bond acceptors (Lipinski definition) is 5. The van der Waals surface area contributed by atoms with Crippen molar-refractivity contribution in [1.29, 1.82) is 0 Å². The number of ether oxygens (including phenoxy) is 2. The number of terminal acetylenes is 1. The molecule has 6 heteroatoms. The van der Waals surface area contributed by atoms with Gasteiger partial charge in [0.2, 0.25) is 0 Å². The van der Waals surface area contributed by atoms with Crippen LogP contribution in [0, 0.1) is 12.3 Å². The number of carbonyl (C=O) groups is 3. The summed E-state index contributed by atoms with van der Waals surface area (Å²) in [5.41, 5.74) is 0. The Balaban J connectivity index is 2.26. The van der Waals surface area contributed by atoms with Crippen molar-refractivity contribution in [3.8, 4) is 12.3 Å². The predicted octanol–water partition coefficient (Wildman–Crippen LogP) is -0.422. The number of rotatable bonds is 4. The van der Waals surface area contributed by atoms with Crippen molar-refractivity contribution < 1.29 is 23.9 Å². The molecule has 6 nitrogen and oxygen atoms in total. The molecule has 1 fully saturated rings.